The van der Waals surface area contributed by atoms with Gasteiger partial charge in [0.25, 0.3) is 5.56 Å². The number of nitrogens with zero attached hydrogens (tertiary/aromatic N) is 4. The van der Waals surface area contributed by atoms with Gasteiger partial charge >= 0.3 is 0 Å². The molecule has 0 N–H and O–H groups in total. The van der Waals surface area contributed by atoms with Crippen LogP contribution in [0.25, 0.3) is 10.8 Å². The number of aromatic nitrogens is 3. The second-order valence-electron chi connectivity index (χ2n) is 40.2. The average Bonchev–Trinajstić information content (AvgIpc) is 1.59. The van der Waals surface area contributed by atoms with Gasteiger partial charge in [-0.3, -0.25) is 4.79 Å². The van der Waals surface area contributed by atoms with Crippen LogP contribution in [0.4, 0.5) is 0 Å². The molecule has 121 heavy (non-hydrogen) atoms. The van der Waals surface area contributed by atoms with E-state index in [0.29, 0.717) is 82.5 Å². The van der Waals surface area contributed by atoms with E-state index in [2.05, 4.69) is 377 Å². The van der Waals surface area contributed by atoms with Crippen molar-refractivity contribution in [3.8, 4) is 0 Å². The van der Waals surface area contributed by atoms with Crippen LogP contribution in [0.15, 0.2) is 235 Å². The average molecular weight is 1660 g/mol. The smallest absolute Gasteiger partial charge is 0.251 e. The van der Waals surface area contributed by atoms with Crippen molar-refractivity contribution in [2.24, 2.45) is 29.6 Å². The molecule has 0 bridgehead atoms. The predicted octanol–water partition coefficient (Wildman–Crippen LogP) is 33.0. The summed E-state index contributed by atoms with van der Waals surface area (Å²) in [4.78, 5) is 12.1. The number of hydrogen-bond acceptors (Lipinski definition) is 5. The fourth-order valence-corrected chi connectivity index (χ4v) is 17.1. The molecule has 0 atom stereocenters. The maximum Gasteiger partial charge on any atom is 0.251 e. The molecule has 7 aromatic rings. The Balaban J connectivity index is 0.000000243. The summed E-state index contributed by atoms with van der Waals surface area (Å²) in [6.45, 7) is 79.5. The Hall–Kier alpha value is -7.78. The molecular weight excluding hydrogens is 1490 g/mol. The Morgan fingerprint density at radius 2 is 0.620 bits per heavy atom. The first-order chi connectivity index (χ1) is 56.5. The maximum atomic E-state index is 12.2. The molecule has 3 heterocycles. The lowest BCUT2D eigenvalue weighted by Gasteiger charge is -2.21. The van der Waals surface area contributed by atoms with E-state index in [4.69, 9.17) is 0 Å². The van der Waals surface area contributed by atoms with Gasteiger partial charge in [-0.15, -0.1) is 0 Å². The molecule has 0 unspecified atom stereocenters. The molecule has 2 aromatic heterocycles. The molecule has 6 aliphatic rings. The second kappa shape index (κ2) is 48.5. The number of pyridine rings is 1. The highest BCUT2D eigenvalue weighted by molar-refractivity contribution is 7.93. The van der Waals surface area contributed by atoms with Crippen molar-refractivity contribution in [3.05, 3.63) is 302 Å². The van der Waals surface area contributed by atoms with Gasteiger partial charge in [-0.2, -0.15) is 14.5 Å². The highest BCUT2D eigenvalue weighted by Crippen LogP contribution is 2.44. The minimum Gasteiger partial charge on any atom is -0.313 e. The van der Waals surface area contributed by atoms with Crippen LogP contribution in [0.5, 0.6) is 0 Å². The van der Waals surface area contributed by atoms with Crippen molar-refractivity contribution in [3.63, 3.8) is 0 Å². The lowest BCUT2D eigenvalue weighted by Crippen LogP contribution is -2.33. The van der Waals surface area contributed by atoms with Crippen LogP contribution in [-0.2, 0) is 10.0 Å². The van der Waals surface area contributed by atoms with Gasteiger partial charge in [-0.05, 0) is 262 Å². The summed E-state index contributed by atoms with van der Waals surface area (Å²) in [5, 5.41) is 11.0. The maximum absolute atomic E-state index is 12.2. The van der Waals surface area contributed by atoms with Gasteiger partial charge in [0.1, 0.15) is 0 Å². The number of fused-ring (bicyclic) bond motifs is 1. The highest BCUT2D eigenvalue weighted by atomic mass is 32.2. The van der Waals surface area contributed by atoms with Crippen LogP contribution in [0.2, 0.25) is 0 Å². The molecule has 0 saturated heterocycles. The minimum atomic E-state index is -3.19. The molecular formula is C113H166N4O3S. The summed E-state index contributed by atoms with van der Waals surface area (Å²) in [6, 6.07) is 48.3. The van der Waals surface area contributed by atoms with E-state index in [1.807, 2.05) is 46.0 Å². The first-order valence-electron chi connectivity index (χ1n) is 46.6. The number of hydrogen-bond donors (Lipinski definition) is 0. The lowest BCUT2D eigenvalue weighted by molar-refractivity contribution is 0.388. The number of benzene rings is 5. The normalized spacial score (nSPS) is 15.2. The van der Waals surface area contributed by atoms with Crippen LogP contribution in [0.1, 0.15) is 414 Å². The third-order valence-electron chi connectivity index (χ3n) is 24.2. The zero-order valence-corrected chi connectivity index (χ0v) is 83.5. The Morgan fingerprint density at radius 1 is 0.289 bits per heavy atom. The predicted molar refractivity (Wildman–Crippen MR) is 531 cm³/mol. The molecule has 0 spiro atoms. The van der Waals surface area contributed by atoms with Gasteiger partial charge in [0.05, 0.1) is 16.3 Å². The van der Waals surface area contributed by atoms with Crippen LogP contribution in [0.3, 0.4) is 0 Å². The molecule has 5 aromatic carbocycles. The molecule has 7 nitrogen and oxygen atoms in total. The van der Waals surface area contributed by atoms with Crippen LogP contribution in [-0.4, -0.2) is 40.1 Å². The van der Waals surface area contributed by atoms with E-state index in [9.17, 15) is 13.2 Å². The Labute approximate surface area is 740 Å². The molecule has 8 heteroatoms. The SMILES string of the molecule is CC(C)C1=CC2=C(C1)CC(C(C)C)=C2.CC(C)C1=CC2=C(C1)CN(C(C)C)S2(=O)=O.CC(C)C1=CC2=C(C=C(C(C)C)C2)C1.CC(C)c1ccc(C(C)C)cc1.CC(C)c1ccc(C(C)C)nn1.CC(C)c1ccc2cc(C(C)C)ccc2c1.CC(C)c1cccc(C(C)C)c1.CC(C)c1ccccc1C(C)C.CC(C)c1ccn(C(C)C)c(=O)c1. The second-order valence-corrected chi connectivity index (χ2v) is 42.0. The number of sulfonamides is 1. The van der Waals surface area contributed by atoms with Crippen LogP contribution < -0.4 is 5.56 Å². The van der Waals surface area contributed by atoms with Gasteiger partial charge in [-0.25, -0.2) is 8.42 Å². The minimum absolute atomic E-state index is 0.0477. The zero-order chi connectivity index (χ0) is 90.9. The van der Waals surface area contributed by atoms with Crippen LogP contribution >= 0.6 is 0 Å². The van der Waals surface area contributed by atoms with Crippen molar-refractivity contribution in [1.82, 2.24) is 19.1 Å². The summed E-state index contributed by atoms with van der Waals surface area (Å²) < 4.78 is 27.7. The van der Waals surface area contributed by atoms with E-state index in [-0.39, 0.29) is 17.6 Å². The van der Waals surface area contributed by atoms with Gasteiger partial charge in [-0.1, -0.05) is 388 Å². The Kier molecular flexibility index (Phi) is 41.6. The Morgan fingerprint density at radius 3 is 0.917 bits per heavy atom. The third kappa shape index (κ3) is 31.4. The van der Waals surface area contributed by atoms with E-state index in [0.717, 1.165) is 52.6 Å². The van der Waals surface area contributed by atoms with Crippen molar-refractivity contribution in [2.45, 2.75) is 359 Å². The molecule has 662 valence electrons. The molecule has 0 fully saturated rings. The van der Waals surface area contributed by atoms with Crippen molar-refractivity contribution in [1.29, 1.82) is 0 Å². The lowest BCUT2D eigenvalue weighted by atomic mass is 9.91. The van der Waals surface area contributed by atoms with E-state index in [1.54, 1.807) is 54.0 Å². The summed E-state index contributed by atoms with van der Waals surface area (Å²) in [5.74, 6) is 9.75. The van der Waals surface area contributed by atoms with Gasteiger partial charge in [0.15, 0.2) is 0 Å². The van der Waals surface area contributed by atoms with E-state index >= 15 is 0 Å². The molecule has 0 amide bonds. The Bertz CT molecular complexity index is 4610. The zero-order valence-electron chi connectivity index (χ0n) is 82.7. The van der Waals surface area contributed by atoms with E-state index in [1.165, 1.54) is 92.1 Å². The van der Waals surface area contributed by atoms with Gasteiger partial charge in [0.2, 0.25) is 10.0 Å². The first kappa shape index (κ1) is 104. The van der Waals surface area contributed by atoms with E-state index < -0.39 is 10.0 Å². The number of allylic oxidation sites excluding steroid dienone is 14. The van der Waals surface area contributed by atoms with Gasteiger partial charge in [0, 0.05) is 30.9 Å². The fraction of sp³-hybridized carbons (Fsp3) is 0.531. The van der Waals surface area contributed by atoms with Gasteiger partial charge < -0.3 is 4.57 Å². The summed E-state index contributed by atoms with van der Waals surface area (Å²) in [5.41, 5.74) is 30.1. The molecule has 1 aliphatic heterocycles. The highest BCUT2D eigenvalue weighted by Gasteiger charge is 2.40. The standard InChI is InChI=1S/C16H20.2C14H20.C12H19NO2S.3C12H18.C11H17NO.C10H16N2/c1-11(2)13-5-7-16-10-14(12(3)4)6-8-15(16)9-13;2*1-9(2)11-5-13-7-12(10(3)4)8-14(13)6-11;1-8(2)10-5-11-7-13(9(3)4)16(14,15)12(11)6-10;1-9(2)11-5-7-12(8-6-11)10(3)4;1-9(2)11-6-5-7-12(8-11)10(3)4;1-9(2)11-7-5-6-8-12(11)10(3)4;1-8(2)10-5-6-12(9(3)4)11(13)7-10;1-7(2)9-5-6-10(8(3)4)12-11-9/h5-12H,1-4H3;5,8-10H,6-7H2,1-4H3;5,7,9-10H,6,8H2,1-4H3;6,8-9H,5,7H2,1-4H3;3*5-10H,1-4H3;5-9H,1-4H3;5-8H,1-4H3. The molecule has 13 rings (SSSR count). The van der Waals surface area contributed by atoms with Crippen molar-refractivity contribution in [2.75, 3.05) is 6.54 Å². The monoisotopic (exact) mass is 1660 g/mol. The molecule has 5 aliphatic carbocycles. The molecule has 0 radical (unpaired) electrons. The summed E-state index contributed by atoms with van der Waals surface area (Å²) in [7, 11) is -3.19. The van der Waals surface area contributed by atoms with Crippen molar-refractivity contribution >= 4 is 20.8 Å². The number of rotatable bonds is 18. The third-order valence-corrected chi connectivity index (χ3v) is 26.3. The first-order valence-corrected chi connectivity index (χ1v) is 48.1. The largest absolute Gasteiger partial charge is 0.313 e. The summed E-state index contributed by atoms with van der Waals surface area (Å²) in [6.07, 6.45) is 19.2. The van der Waals surface area contributed by atoms with Crippen LogP contribution in [0, 0.1) is 29.6 Å². The quantitative estimate of drug-likeness (QED) is 0.0855. The molecule has 0 saturated carbocycles. The topological polar surface area (TPSA) is 85.2 Å². The fourth-order valence-electron chi connectivity index (χ4n) is 15.1. The summed E-state index contributed by atoms with van der Waals surface area (Å²) >= 11 is 0. The van der Waals surface area contributed by atoms with Crippen molar-refractivity contribution < 1.29 is 8.42 Å².